The van der Waals surface area contributed by atoms with Gasteiger partial charge in [0, 0.05) is 12.6 Å². The van der Waals surface area contributed by atoms with Crippen LogP contribution in [0.25, 0.3) is 0 Å². The summed E-state index contributed by atoms with van der Waals surface area (Å²) in [5.41, 5.74) is 6.11. The molecule has 1 rings (SSSR count). The molecule has 2 nitrogen and oxygen atoms in total. The Bertz CT molecular complexity index is 130. The van der Waals surface area contributed by atoms with E-state index in [2.05, 4.69) is 13.8 Å². The predicted molar refractivity (Wildman–Crippen MR) is 46.4 cm³/mol. The zero-order valence-electron chi connectivity index (χ0n) is 7.76. The molecule has 2 heteroatoms. The molecular formula is C9H19NO. The number of ether oxygens (including phenoxy) is 1. The van der Waals surface area contributed by atoms with Crippen molar-refractivity contribution in [3.8, 4) is 0 Å². The van der Waals surface area contributed by atoms with Crippen LogP contribution in [0.15, 0.2) is 0 Å². The average Bonchev–Trinajstić information content (AvgIpc) is 2.64. The maximum atomic E-state index is 5.98. The van der Waals surface area contributed by atoms with Crippen LogP contribution in [0, 0.1) is 5.92 Å². The van der Waals surface area contributed by atoms with Crippen molar-refractivity contribution in [3.63, 3.8) is 0 Å². The third kappa shape index (κ3) is 2.46. The molecule has 0 spiro atoms. The van der Waals surface area contributed by atoms with Crippen LogP contribution in [-0.4, -0.2) is 18.8 Å². The highest BCUT2D eigenvalue weighted by molar-refractivity contribution is 5.00. The summed E-state index contributed by atoms with van der Waals surface area (Å²) < 4.78 is 5.35. The van der Waals surface area contributed by atoms with Gasteiger partial charge in [0.1, 0.15) is 0 Å². The fourth-order valence-corrected chi connectivity index (χ4v) is 1.36. The summed E-state index contributed by atoms with van der Waals surface area (Å²) >= 11 is 0. The number of nitrogens with two attached hydrogens (primary N) is 1. The Morgan fingerprint density at radius 3 is 2.27 bits per heavy atom. The molecule has 0 aromatic heterocycles. The van der Waals surface area contributed by atoms with Crippen LogP contribution in [0.3, 0.4) is 0 Å². The van der Waals surface area contributed by atoms with Crippen LogP contribution in [-0.2, 0) is 4.74 Å². The number of hydrogen-bond acceptors (Lipinski definition) is 2. The maximum Gasteiger partial charge on any atom is 0.0611 e. The quantitative estimate of drug-likeness (QED) is 0.672. The van der Waals surface area contributed by atoms with Gasteiger partial charge >= 0.3 is 0 Å². The normalized spacial score (nSPS) is 23.7. The molecular weight excluding hydrogens is 138 g/mol. The number of hydrogen-bond donors (Lipinski definition) is 1. The standard InChI is InChI=1S/C9H19NO/c1-7(2)8(11-3)6-9(10)4-5-9/h7-8H,4-6,10H2,1-3H3. The van der Waals surface area contributed by atoms with E-state index in [1.807, 2.05) is 0 Å². The van der Waals surface area contributed by atoms with Gasteiger partial charge in [-0.1, -0.05) is 13.8 Å². The van der Waals surface area contributed by atoms with Gasteiger partial charge in [0.05, 0.1) is 6.10 Å². The molecule has 66 valence electrons. The fraction of sp³-hybridized carbons (Fsp3) is 1.00. The fourth-order valence-electron chi connectivity index (χ4n) is 1.36. The van der Waals surface area contributed by atoms with E-state index < -0.39 is 0 Å². The Kier molecular flexibility index (Phi) is 2.55. The lowest BCUT2D eigenvalue weighted by molar-refractivity contribution is 0.0505. The Balaban J connectivity index is 2.31. The SMILES string of the molecule is COC(CC1(N)CC1)C(C)C. The summed E-state index contributed by atoms with van der Waals surface area (Å²) in [6.45, 7) is 4.36. The zero-order valence-corrected chi connectivity index (χ0v) is 7.76. The Morgan fingerprint density at radius 1 is 1.45 bits per heavy atom. The van der Waals surface area contributed by atoms with E-state index >= 15 is 0 Å². The first-order valence-electron chi connectivity index (χ1n) is 4.39. The molecule has 2 N–H and O–H groups in total. The van der Waals surface area contributed by atoms with Gasteiger partial charge in [-0.3, -0.25) is 0 Å². The van der Waals surface area contributed by atoms with Crippen LogP contribution >= 0.6 is 0 Å². The minimum atomic E-state index is 0.130. The molecule has 1 aliphatic carbocycles. The van der Waals surface area contributed by atoms with E-state index in [-0.39, 0.29) is 5.54 Å². The predicted octanol–water partition coefficient (Wildman–Crippen LogP) is 1.54. The average molecular weight is 157 g/mol. The van der Waals surface area contributed by atoms with E-state index in [4.69, 9.17) is 10.5 Å². The van der Waals surface area contributed by atoms with Gasteiger partial charge in [-0.2, -0.15) is 0 Å². The molecule has 0 bridgehead atoms. The first kappa shape index (κ1) is 9.01. The van der Waals surface area contributed by atoms with Crippen molar-refractivity contribution < 1.29 is 4.74 Å². The smallest absolute Gasteiger partial charge is 0.0611 e. The van der Waals surface area contributed by atoms with Gasteiger partial charge < -0.3 is 10.5 Å². The Hall–Kier alpha value is -0.0800. The Labute approximate surface area is 69.1 Å². The zero-order chi connectivity index (χ0) is 8.48. The van der Waals surface area contributed by atoms with Gasteiger partial charge in [0.15, 0.2) is 0 Å². The van der Waals surface area contributed by atoms with Gasteiger partial charge in [0.25, 0.3) is 0 Å². The van der Waals surface area contributed by atoms with E-state index in [9.17, 15) is 0 Å². The lowest BCUT2D eigenvalue weighted by Crippen LogP contribution is -2.31. The summed E-state index contributed by atoms with van der Waals surface area (Å²) in [5.74, 6) is 0.584. The van der Waals surface area contributed by atoms with E-state index in [0.717, 1.165) is 6.42 Å². The number of rotatable bonds is 4. The Morgan fingerprint density at radius 2 is 2.00 bits per heavy atom. The van der Waals surface area contributed by atoms with Crippen LogP contribution in [0.5, 0.6) is 0 Å². The molecule has 0 aliphatic heterocycles. The van der Waals surface area contributed by atoms with E-state index in [1.165, 1.54) is 12.8 Å². The lowest BCUT2D eigenvalue weighted by atomic mass is 9.99. The van der Waals surface area contributed by atoms with Gasteiger partial charge in [-0.15, -0.1) is 0 Å². The summed E-state index contributed by atoms with van der Waals surface area (Å²) in [6, 6.07) is 0. The second-order valence-corrected chi connectivity index (χ2v) is 4.08. The van der Waals surface area contributed by atoms with Crippen molar-refractivity contribution >= 4 is 0 Å². The molecule has 0 amide bonds. The van der Waals surface area contributed by atoms with Crippen molar-refractivity contribution in [1.29, 1.82) is 0 Å². The molecule has 0 heterocycles. The van der Waals surface area contributed by atoms with Crippen LogP contribution < -0.4 is 5.73 Å². The highest BCUT2D eigenvalue weighted by Crippen LogP contribution is 2.38. The third-order valence-electron chi connectivity index (χ3n) is 2.55. The summed E-state index contributed by atoms with van der Waals surface area (Å²) in [7, 11) is 1.77. The summed E-state index contributed by atoms with van der Waals surface area (Å²) in [4.78, 5) is 0. The molecule has 1 unspecified atom stereocenters. The molecule has 1 saturated carbocycles. The van der Waals surface area contributed by atoms with Crippen LogP contribution in [0.4, 0.5) is 0 Å². The van der Waals surface area contributed by atoms with Gasteiger partial charge in [-0.25, -0.2) is 0 Å². The van der Waals surface area contributed by atoms with Crippen LogP contribution in [0.2, 0.25) is 0 Å². The highest BCUT2D eigenvalue weighted by Gasteiger charge is 2.40. The summed E-state index contributed by atoms with van der Waals surface area (Å²) in [5, 5.41) is 0. The van der Waals surface area contributed by atoms with Gasteiger partial charge in [-0.05, 0) is 25.2 Å². The maximum absolute atomic E-state index is 5.98. The topological polar surface area (TPSA) is 35.2 Å². The van der Waals surface area contributed by atoms with Gasteiger partial charge in [0.2, 0.25) is 0 Å². The van der Waals surface area contributed by atoms with Crippen molar-refractivity contribution in [2.75, 3.05) is 7.11 Å². The third-order valence-corrected chi connectivity index (χ3v) is 2.55. The van der Waals surface area contributed by atoms with Crippen molar-refractivity contribution in [2.45, 2.75) is 44.8 Å². The molecule has 0 radical (unpaired) electrons. The van der Waals surface area contributed by atoms with Crippen LogP contribution in [0.1, 0.15) is 33.1 Å². The van der Waals surface area contributed by atoms with Crippen molar-refractivity contribution in [1.82, 2.24) is 0 Å². The van der Waals surface area contributed by atoms with E-state index in [0.29, 0.717) is 12.0 Å². The second kappa shape index (κ2) is 3.11. The second-order valence-electron chi connectivity index (χ2n) is 4.08. The minimum Gasteiger partial charge on any atom is -0.381 e. The molecule has 11 heavy (non-hydrogen) atoms. The van der Waals surface area contributed by atoms with Crippen molar-refractivity contribution in [2.24, 2.45) is 11.7 Å². The molecule has 0 aromatic rings. The minimum absolute atomic E-state index is 0.130. The lowest BCUT2D eigenvalue weighted by Gasteiger charge is -2.22. The van der Waals surface area contributed by atoms with E-state index in [1.54, 1.807) is 7.11 Å². The number of methoxy groups -OCH3 is 1. The molecule has 1 aliphatic rings. The first-order chi connectivity index (χ1) is 5.07. The molecule has 0 saturated heterocycles. The highest BCUT2D eigenvalue weighted by atomic mass is 16.5. The van der Waals surface area contributed by atoms with Crippen molar-refractivity contribution in [3.05, 3.63) is 0 Å². The summed E-state index contributed by atoms with van der Waals surface area (Å²) in [6.07, 6.45) is 3.74. The first-order valence-corrected chi connectivity index (χ1v) is 4.39. The largest absolute Gasteiger partial charge is 0.381 e. The molecule has 0 aromatic carbocycles. The monoisotopic (exact) mass is 157 g/mol. The molecule has 1 fully saturated rings. The molecule has 1 atom stereocenters.